The van der Waals surface area contributed by atoms with E-state index in [1.54, 1.807) is 0 Å². The Morgan fingerprint density at radius 3 is 1.67 bits per heavy atom. The molecule has 0 aliphatic carbocycles. The maximum atomic E-state index is 13.9. The molecule has 0 amide bonds. The fourth-order valence-corrected chi connectivity index (χ4v) is 4.49. The van der Waals surface area contributed by atoms with Crippen molar-refractivity contribution in [3.63, 3.8) is 0 Å². The number of benzene rings is 4. The zero-order valence-corrected chi connectivity index (χ0v) is 23.0. The van der Waals surface area contributed by atoms with E-state index in [-0.39, 0.29) is 12.2 Å². The van der Waals surface area contributed by atoms with Crippen molar-refractivity contribution in [1.29, 1.82) is 0 Å². The van der Waals surface area contributed by atoms with E-state index in [0.29, 0.717) is 11.3 Å². The first kappa shape index (κ1) is 27.7. The molecule has 4 nitrogen and oxygen atoms in total. The van der Waals surface area contributed by atoms with Crippen LogP contribution in [0.3, 0.4) is 0 Å². The van der Waals surface area contributed by atoms with Gasteiger partial charge in [-0.2, -0.15) is 0 Å². The van der Waals surface area contributed by atoms with Gasteiger partial charge in [0.2, 0.25) is 0 Å². The number of hydrogen-bond donors (Lipinski definition) is 0. The van der Waals surface area contributed by atoms with Crippen molar-refractivity contribution < 1.29 is 14.3 Å². The quantitative estimate of drug-likeness (QED) is 0.130. The van der Waals surface area contributed by atoms with Crippen molar-refractivity contribution in [2.45, 2.75) is 51.7 Å². The van der Waals surface area contributed by atoms with Gasteiger partial charge in [0.15, 0.2) is 11.8 Å². The molecule has 39 heavy (non-hydrogen) atoms. The van der Waals surface area contributed by atoms with Gasteiger partial charge in [0.05, 0.1) is 5.71 Å². The third kappa shape index (κ3) is 7.61. The minimum absolute atomic E-state index is 0.0476. The van der Waals surface area contributed by atoms with Crippen LogP contribution < -0.4 is 0 Å². The SMILES string of the molecule is Cc1ccc(C(=O)C[C@@H](c2ccccc2)[C@@H](N=C(c2ccccc2)c2ccccc2)C(=O)OC(C)(C)C)cc1. The minimum Gasteiger partial charge on any atom is -0.458 e. The van der Waals surface area contributed by atoms with Crippen molar-refractivity contribution in [3.05, 3.63) is 143 Å². The molecule has 0 saturated carbocycles. The van der Waals surface area contributed by atoms with Crippen molar-refractivity contribution >= 4 is 17.5 Å². The fourth-order valence-electron chi connectivity index (χ4n) is 4.49. The lowest BCUT2D eigenvalue weighted by atomic mass is 9.85. The number of carbonyl (C=O) groups is 2. The van der Waals surface area contributed by atoms with Gasteiger partial charge in [0.1, 0.15) is 5.60 Å². The molecule has 4 aromatic rings. The predicted octanol–water partition coefficient (Wildman–Crippen LogP) is 7.60. The number of aryl methyl sites for hydroxylation is 1. The van der Waals surface area contributed by atoms with Crippen LogP contribution in [0.15, 0.2) is 120 Å². The van der Waals surface area contributed by atoms with Crippen molar-refractivity contribution in [2.75, 3.05) is 0 Å². The Balaban J connectivity index is 1.87. The van der Waals surface area contributed by atoms with Crippen LogP contribution in [0.5, 0.6) is 0 Å². The molecule has 198 valence electrons. The summed E-state index contributed by atoms with van der Waals surface area (Å²) in [5.41, 5.74) is 4.28. The van der Waals surface area contributed by atoms with Crippen LogP contribution in [0.25, 0.3) is 0 Å². The van der Waals surface area contributed by atoms with Crippen molar-refractivity contribution in [3.8, 4) is 0 Å². The zero-order chi connectivity index (χ0) is 27.8. The first-order valence-corrected chi connectivity index (χ1v) is 13.3. The molecule has 4 aromatic carbocycles. The zero-order valence-electron chi connectivity index (χ0n) is 23.0. The maximum absolute atomic E-state index is 13.9. The number of Topliss-reactive ketones (excluding diaryl/α,β-unsaturated/α-hetero) is 1. The van der Waals surface area contributed by atoms with Gasteiger partial charge >= 0.3 is 5.97 Å². The molecule has 4 rings (SSSR count). The third-order valence-electron chi connectivity index (χ3n) is 6.40. The van der Waals surface area contributed by atoms with E-state index in [4.69, 9.17) is 9.73 Å². The van der Waals surface area contributed by atoms with E-state index in [2.05, 4.69) is 0 Å². The van der Waals surface area contributed by atoms with Crippen LogP contribution in [-0.4, -0.2) is 29.1 Å². The van der Waals surface area contributed by atoms with Crippen molar-refractivity contribution in [2.24, 2.45) is 4.99 Å². The second-order valence-electron chi connectivity index (χ2n) is 10.7. The molecule has 0 fully saturated rings. The first-order valence-electron chi connectivity index (χ1n) is 13.3. The first-order chi connectivity index (χ1) is 18.7. The van der Waals surface area contributed by atoms with Gasteiger partial charge in [0.25, 0.3) is 0 Å². The molecule has 0 aliphatic heterocycles. The van der Waals surface area contributed by atoms with Crippen LogP contribution in [0.4, 0.5) is 0 Å². The highest BCUT2D eigenvalue weighted by Crippen LogP contribution is 2.31. The highest BCUT2D eigenvalue weighted by atomic mass is 16.6. The van der Waals surface area contributed by atoms with Gasteiger partial charge in [-0.3, -0.25) is 9.79 Å². The summed E-state index contributed by atoms with van der Waals surface area (Å²) in [6.07, 6.45) is 0.108. The minimum atomic E-state index is -0.948. The highest BCUT2D eigenvalue weighted by molar-refractivity contribution is 6.13. The Kier molecular flexibility index (Phi) is 8.88. The van der Waals surface area contributed by atoms with Gasteiger partial charge in [-0.1, -0.05) is 121 Å². The molecule has 2 atom stereocenters. The number of esters is 1. The van der Waals surface area contributed by atoms with Gasteiger partial charge in [0, 0.05) is 29.0 Å². The van der Waals surface area contributed by atoms with Crippen molar-refractivity contribution in [1.82, 2.24) is 0 Å². The third-order valence-corrected chi connectivity index (χ3v) is 6.40. The van der Waals surface area contributed by atoms with Gasteiger partial charge < -0.3 is 4.74 Å². The number of rotatable bonds is 9. The van der Waals surface area contributed by atoms with E-state index in [9.17, 15) is 9.59 Å². The number of carbonyl (C=O) groups excluding carboxylic acids is 2. The summed E-state index contributed by atoms with van der Waals surface area (Å²) in [6, 6.07) is 35.9. The summed E-state index contributed by atoms with van der Waals surface area (Å²) in [6.45, 7) is 7.52. The molecule has 0 unspecified atom stereocenters. The highest BCUT2D eigenvalue weighted by Gasteiger charge is 2.35. The van der Waals surface area contributed by atoms with Gasteiger partial charge in [-0.15, -0.1) is 0 Å². The molecule has 4 heteroatoms. The smallest absolute Gasteiger partial charge is 0.332 e. The topological polar surface area (TPSA) is 55.7 Å². The van der Waals surface area contributed by atoms with E-state index in [1.807, 2.05) is 143 Å². The summed E-state index contributed by atoms with van der Waals surface area (Å²) in [5.74, 6) is -1.04. The Labute approximate surface area is 231 Å². The Morgan fingerprint density at radius 2 is 1.18 bits per heavy atom. The molecule has 0 bridgehead atoms. The molecule has 0 heterocycles. The average Bonchev–Trinajstić information content (AvgIpc) is 2.93. The predicted molar refractivity (Wildman–Crippen MR) is 157 cm³/mol. The second kappa shape index (κ2) is 12.5. The maximum Gasteiger partial charge on any atom is 0.332 e. The van der Waals surface area contributed by atoms with E-state index in [0.717, 1.165) is 22.3 Å². The fraction of sp³-hybridized carbons (Fsp3) is 0.229. The van der Waals surface area contributed by atoms with Crippen LogP contribution in [0, 0.1) is 6.92 Å². The Morgan fingerprint density at radius 1 is 0.692 bits per heavy atom. The summed E-state index contributed by atoms with van der Waals surface area (Å²) in [5, 5.41) is 0. The summed E-state index contributed by atoms with van der Waals surface area (Å²) in [7, 11) is 0. The van der Waals surface area contributed by atoms with Gasteiger partial charge in [-0.25, -0.2) is 4.79 Å². The lowest BCUT2D eigenvalue weighted by molar-refractivity contribution is -0.156. The molecule has 0 aromatic heterocycles. The normalized spacial score (nSPS) is 12.7. The molecule has 0 N–H and O–H groups in total. The molecule has 0 aliphatic rings. The standard InChI is InChI=1S/C35H35NO3/c1-25-20-22-27(23-21-25)31(37)24-30(26-14-8-5-9-15-26)33(34(38)39-35(2,3)4)36-32(28-16-10-6-11-17-28)29-18-12-7-13-19-29/h5-23,30,33H,24H2,1-4H3/t30-,33+/m0/s1. The van der Waals surface area contributed by atoms with Crippen LogP contribution in [-0.2, 0) is 9.53 Å². The number of ketones is 1. The molecule has 0 radical (unpaired) electrons. The van der Waals surface area contributed by atoms with E-state index >= 15 is 0 Å². The second-order valence-corrected chi connectivity index (χ2v) is 10.7. The number of aliphatic imine (C=N–C) groups is 1. The summed E-state index contributed by atoms with van der Waals surface area (Å²) >= 11 is 0. The number of ether oxygens (including phenoxy) is 1. The van der Waals surface area contributed by atoms with E-state index in [1.165, 1.54) is 0 Å². The Hall–Kier alpha value is -4.31. The average molecular weight is 518 g/mol. The van der Waals surface area contributed by atoms with E-state index < -0.39 is 23.5 Å². The molecular formula is C35H35NO3. The van der Waals surface area contributed by atoms with Gasteiger partial charge in [-0.05, 0) is 33.3 Å². The van der Waals surface area contributed by atoms with Crippen LogP contribution in [0.1, 0.15) is 65.7 Å². The van der Waals surface area contributed by atoms with Crippen LogP contribution >= 0.6 is 0 Å². The molecule has 0 saturated heterocycles. The number of hydrogen-bond acceptors (Lipinski definition) is 4. The lowest BCUT2D eigenvalue weighted by Gasteiger charge is -2.28. The molecular weight excluding hydrogens is 482 g/mol. The summed E-state index contributed by atoms with van der Waals surface area (Å²) in [4.78, 5) is 32.6. The van der Waals surface area contributed by atoms with Crippen LogP contribution in [0.2, 0.25) is 0 Å². The monoisotopic (exact) mass is 517 g/mol. The largest absolute Gasteiger partial charge is 0.458 e. The summed E-state index contributed by atoms with van der Waals surface area (Å²) < 4.78 is 5.92. The lowest BCUT2D eigenvalue weighted by Crippen LogP contribution is -2.36. The number of nitrogens with zero attached hydrogens (tertiary/aromatic N) is 1. The molecule has 0 spiro atoms. The Bertz CT molecular complexity index is 1360.